The van der Waals surface area contributed by atoms with Gasteiger partial charge in [-0.05, 0) is 23.3 Å². The van der Waals surface area contributed by atoms with Crippen molar-refractivity contribution in [3.63, 3.8) is 0 Å². The Labute approximate surface area is 112 Å². The second-order valence-corrected chi connectivity index (χ2v) is 4.28. The Kier molecular flexibility index (Phi) is 4.26. The standard InChI is InChI=1S/C15H18N2O2/c1-19-13-5-6-15(14(16)8-13)17-9-11-3-2-4-12(7-11)10-18/h2-8,17-18H,9-10,16H2,1H3. The van der Waals surface area contributed by atoms with E-state index in [4.69, 9.17) is 15.6 Å². The maximum absolute atomic E-state index is 9.09. The van der Waals surface area contributed by atoms with Crippen LogP contribution in [0, 0.1) is 0 Å². The summed E-state index contributed by atoms with van der Waals surface area (Å²) < 4.78 is 5.11. The number of aliphatic hydroxyl groups excluding tert-OH is 1. The van der Waals surface area contributed by atoms with E-state index in [1.165, 1.54) is 0 Å². The molecule has 0 heterocycles. The van der Waals surface area contributed by atoms with Crippen LogP contribution in [0.4, 0.5) is 11.4 Å². The number of ether oxygens (including phenoxy) is 1. The summed E-state index contributed by atoms with van der Waals surface area (Å²) in [6, 6.07) is 13.3. The molecule has 0 amide bonds. The van der Waals surface area contributed by atoms with E-state index in [1.54, 1.807) is 13.2 Å². The maximum atomic E-state index is 9.09. The summed E-state index contributed by atoms with van der Waals surface area (Å²) in [4.78, 5) is 0. The fourth-order valence-electron chi connectivity index (χ4n) is 1.86. The van der Waals surface area contributed by atoms with Gasteiger partial charge in [-0.15, -0.1) is 0 Å². The Balaban J connectivity index is 2.05. The van der Waals surface area contributed by atoms with Crippen molar-refractivity contribution in [1.29, 1.82) is 0 Å². The molecule has 0 aliphatic carbocycles. The molecule has 2 rings (SSSR count). The van der Waals surface area contributed by atoms with E-state index >= 15 is 0 Å². The lowest BCUT2D eigenvalue weighted by Crippen LogP contribution is -2.03. The van der Waals surface area contributed by atoms with Gasteiger partial charge in [0.15, 0.2) is 0 Å². The van der Waals surface area contributed by atoms with Crippen molar-refractivity contribution < 1.29 is 9.84 Å². The van der Waals surface area contributed by atoms with E-state index in [0.717, 1.165) is 22.6 Å². The Bertz CT molecular complexity index is 556. The van der Waals surface area contributed by atoms with E-state index in [-0.39, 0.29) is 6.61 Å². The third-order valence-electron chi connectivity index (χ3n) is 2.92. The van der Waals surface area contributed by atoms with Crippen LogP contribution in [0.25, 0.3) is 0 Å². The lowest BCUT2D eigenvalue weighted by atomic mass is 10.1. The predicted octanol–water partition coefficient (Wildman–Crippen LogP) is 2.38. The fraction of sp³-hybridized carbons (Fsp3) is 0.200. The molecule has 2 aromatic rings. The molecule has 0 unspecified atom stereocenters. The van der Waals surface area contributed by atoms with Crippen LogP contribution in [0.1, 0.15) is 11.1 Å². The quantitative estimate of drug-likeness (QED) is 0.720. The molecular weight excluding hydrogens is 240 g/mol. The number of rotatable bonds is 5. The number of anilines is 2. The van der Waals surface area contributed by atoms with Crippen molar-refractivity contribution in [3.05, 3.63) is 53.6 Å². The molecular formula is C15H18N2O2. The van der Waals surface area contributed by atoms with Crippen LogP contribution in [0.15, 0.2) is 42.5 Å². The zero-order chi connectivity index (χ0) is 13.7. The molecule has 4 nitrogen and oxygen atoms in total. The number of nitrogens with two attached hydrogens (primary N) is 1. The van der Waals surface area contributed by atoms with Gasteiger partial charge >= 0.3 is 0 Å². The molecule has 0 saturated heterocycles. The second kappa shape index (κ2) is 6.11. The minimum absolute atomic E-state index is 0.0541. The van der Waals surface area contributed by atoms with Crippen molar-refractivity contribution in [2.75, 3.05) is 18.2 Å². The zero-order valence-electron chi connectivity index (χ0n) is 10.9. The van der Waals surface area contributed by atoms with Gasteiger partial charge in [-0.3, -0.25) is 0 Å². The average molecular weight is 258 g/mol. The van der Waals surface area contributed by atoms with E-state index in [0.29, 0.717) is 12.2 Å². The number of nitrogens with one attached hydrogen (secondary N) is 1. The molecule has 0 aliphatic heterocycles. The third kappa shape index (κ3) is 3.39. The lowest BCUT2D eigenvalue weighted by molar-refractivity contribution is 0.281. The van der Waals surface area contributed by atoms with Crippen LogP contribution in [-0.2, 0) is 13.2 Å². The highest BCUT2D eigenvalue weighted by molar-refractivity contribution is 5.68. The van der Waals surface area contributed by atoms with Gasteiger partial charge in [-0.1, -0.05) is 24.3 Å². The largest absolute Gasteiger partial charge is 0.497 e. The monoisotopic (exact) mass is 258 g/mol. The van der Waals surface area contributed by atoms with E-state index < -0.39 is 0 Å². The first-order chi connectivity index (χ1) is 9.22. The minimum Gasteiger partial charge on any atom is -0.497 e. The van der Waals surface area contributed by atoms with Crippen LogP contribution in [0.3, 0.4) is 0 Å². The second-order valence-electron chi connectivity index (χ2n) is 4.28. The van der Waals surface area contributed by atoms with Crippen molar-refractivity contribution in [1.82, 2.24) is 0 Å². The molecule has 0 aliphatic rings. The van der Waals surface area contributed by atoms with Crippen LogP contribution in [0.5, 0.6) is 5.75 Å². The number of aliphatic hydroxyl groups is 1. The summed E-state index contributed by atoms with van der Waals surface area (Å²) in [7, 11) is 1.61. The van der Waals surface area contributed by atoms with E-state index in [2.05, 4.69) is 5.32 Å². The summed E-state index contributed by atoms with van der Waals surface area (Å²) in [6.45, 7) is 0.711. The Morgan fingerprint density at radius 3 is 2.63 bits per heavy atom. The highest BCUT2D eigenvalue weighted by Gasteiger charge is 2.01. The minimum atomic E-state index is 0.0541. The molecule has 0 atom stereocenters. The summed E-state index contributed by atoms with van der Waals surface area (Å²) in [5.74, 6) is 0.741. The van der Waals surface area contributed by atoms with Gasteiger partial charge in [0, 0.05) is 12.6 Å². The first-order valence-corrected chi connectivity index (χ1v) is 6.09. The molecule has 0 radical (unpaired) electrons. The summed E-state index contributed by atoms with van der Waals surface area (Å²) in [5.41, 5.74) is 9.46. The van der Waals surface area contributed by atoms with Crippen molar-refractivity contribution in [2.45, 2.75) is 13.2 Å². The summed E-state index contributed by atoms with van der Waals surface area (Å²) in [6.07, 6.45) is 0. The first kappa shape index (κ1) is 13.2. The van der Waals surface area contributed by atoms with Crippen molar-refractivity contribution in [2.24, 2.45) is 0 Å². The van der Waals surface area contributed by atoms with Crippen LogP contribution in [-0.4, -0.2) is 12.2 Å². The number of benzene rings is 2. The summed E-state index contributed by atoms with van der Waals surface area (Å²) >= 11 is 0. The fourth-order valence-corrected chi connectivity index (χ4v) is 1.86. The van der Waals surface area contributed by atoms with Crippen LogP contribution >= 0.6 is 0 Å². The van der Waals surface area contributed by atoms with Gasteiger partial charge in [-0.25, -0.2) is 0 Å². The van der Waals surface area contributed by atoms with Crippen LogP contribution < -0.4 is 15.8 Å². The molecule has 2 aromatic carbocycles. The summed E-state index contributed by atoms with van der Waals surface area (Å²) in [5, 5.41) is 12.4. The average Bonchev–Trinajstić information content (AvgIpc) is 2.46. The van der Waals surface area contributed by atoms with Gasteiger partial charge in [0.1, 0.15) is 5.75 Å². The normalized spacial score (nSPS) is 10.2. The van der Waals surface area contributed by atoms with Gasteiger partial charge in [0.25, 0.3) is 0 Å². The maximum Gasteiger partial charge on any atom is 0.121 e. The molecule has 0 fully saturated rings. The number of hydrogen-bond donors (Lipinski definition) is 3. The molecule has 100 valence electrons. The zero-order valence-corrected chi connectivity index (χ0v) is 10.9. The SMILES string of the molecule is COc1ccc(NCc2cccc(CO)c2)c(N)c1. The number of nitrogen functional groups attached to an aromatic ring is 1. The van der Waals surface area contributed by atoms with E-state index in [9.17, 15) is 0 Å². The van der Waals surface area contributed by atoms with Gasteiger partial charge in [0.2, 0.25) is 0 Å². The molecule has 0 aromatic heterocycles. The topological polar surface area (TPSA) is 67.5 Å². The lowest BCUT2D eigenvalue weighted by Gasteiger charge is -2.11. The first-order valence-electron chi connectivity index (χ1n) is 6.09. The number of methoxy groups -OCH3 is 1. The van der Waals surface area contributed by atoms with Crippen molar-refractivity contribution in [3.8, 4) is 5.75 Å². The third-order valence-corrected chi connectivity index (χ3v) is 2.92. The predicted molar refractivity (Wildman–Crippen MR) is 77.1 cm³/mol. The van der Waals surface area contributed by atoms with Gasteiger partial charge < -0.3 is 20.9 Å². The Morgan fingerprint density at radius 2 is 1.95 bits per heavy atom. The van der Waals surface area contributed by atoms with Crippen LogP contribution in [0.2, 0.25) is 0 Å². The van der Waals surface area contributed by atoms with Gasteiger partial charge in [-0.2, -0.15) is 0 Å². The molecule has 0 bridgehead atoms. The van der Waals surface area contributed by atoms with Gasteiger partial charge in [0.05, 0.1) is 25.1 Å². The smallest absolute Gasteiger partial charge is 0.121 e. The molecule has 0 spiro atoms. The molecule has 4 N–H and O–H groups in total. The number of hydrogen-bond acceptors (Lipinski definition) is 4. The molecule has 0 saturated carbocycles. The molecule has 4 heteroatoms. The Morgan fingerprint density at radius 1 is 1.16 bits per heavy atom. The van der Waals surface area contributed by atoms with E-state index in [1.807, 2.05) is 36.4 Å². The highest BCUT2D eigenvalue weighted by Crippen LogP contribution is 2.24. The highest BCUT2D eigenvalue weighted by atomic mass is 16.5. The molecule has 19 heavy (non-hydrogen) atoms. The van der Waals surface area contributed by atoms with Crippen molar-refractivity contribution >= 4 is 11.4 Å². The Hall–Kier alpha value is -2.20.